The summed E-state index contributed by atoms with van der Waals surface area (Å²) in [6, 6.07) is 15.0. The van der Waals surface area contributed by atoms with Crippen molar-refractivity contribution < 1.29 is 19.1 Å². The first kappa shape index (κ1) is 21.6. The lowest BCUT2D eigenvalue weighted by atomic mass is 9.99. The number of nitrogens with one attached hydrogen (secondary N) is 1. The first-order valence-corrected chi connectivity index (χ1v) is 10.3. The molecule has 6 heteroatoms. The Kier molecular flexibility index (Phi) is 7.22. The maximum Gasteiger partial charge on any atom is 0.260 e. The number of rotatable bonds is 8. The van der Waals surface area contributed by atoms with Crippen molar-refractivity contribution in [1.82, 2.24) is 10.2 Å². The van der Waals surface area contributed by atoms with Gasteiger partial charge in [0.25, 0.3) is 5.91 Å². The van der Waals surface area contributed by atoms with Gasteiger partial charge in [0.15, 0.2) is 11.9 Å². The van der Waals surface area contributed by atoms with Crippen LogP contribution in [0.15, 0.2) is 48.5 Å². The average Bonchev–Trinajstić information content (AvgIpc) is 2.76. The number of Topliss-reactive ketones (excluding diaryl/α,β-unsaturated/α-hetero) is 1. The summed E-state index contributed by atoms with van der Waals surface area (Å²) in [6.07, 6.45) is 1.17. The molecular weight excluding hydrogens is 380 g/mol. The number of hydrogen-bond donors (Lipinski definition) is 1. The molecule has 0 spiro atoms. The summed E-state index contributed by atoms with van der Waals surface area (Å²) in [5.74, 6) is 0.289. The number of amides is 2. The SMILES string of the molecule is CC(=O)c1cccc(OC(C)C(=O)NCCCC(=O)N2CCc3ccccc3C2)c1. The minimum Gasteiger partial charge on any atom is -0.481 e. The molecule has 0 bridgehead atoms. The zero-order chi connectivity index (χ0) is 21.5. The molecule has 1 unspecified atom stereocenters. The zero-order valence-electron chi connectivity index (χ0n) is 17.5. The van der Waals surface area contributed by atoms with Gasteiger partial charge in [0.1, 0.15) is 5.75 Å². The minimum absolute atomic E-state index is 0.0561. The predicted molar refractivity (Wildman–Crippen MR) is 114 cm³/mol. The van der Waals surface area contributed by atoms with E-state index in [4.69, 9.17) is 4.74 Å². The highest BCUT2D eigenvalue weighted by molar-refractivity contribution is 5.94. The van der Waals surface area contributed by atoms with Gasteiger partial charge in [0.05, 0.1) is 0 Å². The van der Waals surface area contributed by atoms with Gasteiger partial charge in [0, 0.05) is 31.6 Å². The molecule has 6 nitrogen and oxygen atoms in total. The average molecular weight is 408 g/mol. The Morgan fingerprint density at radius 1 is 1.10 bits per heavy atom. The van der Waals surface area contributed by atoms with E-state index in [0.717, 1.165) is 13.0 Å². The maximum atomic E-state index is 12.5. The van der Waals surface area contributed by atoms with Gasteiger partial charge < -0.3 is 15.0 Å². The molecule has 1 aliphatic rings. The third kappa shape index (κ3) is 5.69. The molecule has 30 heavy (non-hydrogen) atoms. The largest absolute Gasteiger partial charge is 0.481 e. The molecule has 1 heterocycles. The fourth-order valence-corrected chi connectivity index (χ4v) is 3.51. The zero-order valence-corrected chi connectivity index (χ0v) is 17.5. The van der Waals surface area contributed by atoms with Crippen molar-refractivity contribution in [1.29, 1.82) is 0 Å². The molecule has 0 saturated carbocycles. The second-order valence-corrected chi connectivity index (χ2v) is 7.57. The number of fused-ring (bicyclic) bond motifs is 1. The summed E-state index contributed by atoms with van der Waals surface area (Å²) in [5.41, 5.74) is 3.07. The first-order chi connectivity index (χ1) is 14.4. The normalized spacial score (nSPS) is 13.9. The highest BCUT2D eigenvalue weighted by Gasteiger charge is 2.20. The predicted octanol–water partition coefficient (Wildman–Crippen LogP) is 3.14. The van der Waals surface area contributed by atoms with Gasteiger partial charge in [-0.1, -0.05) is 36.4 Å². The van der Waals surface area contributed by atoms with E-state index in [2.05, 4.69) is 17.4 Å². The van der Waals surface area contributed by atoms with Crippen LogP contribution in [0, 0.1) is 0 Å². The maximum absolute atomic E-state index is 12.5. The van der Waals surface area contributed by atoms with Gasteiger partial charge in [-0.25, -0.2) is 0 Å². The number of carbonyl (C=O) groups is 3. The third-order valence-corrected chi connectivity index (χ3v) is 5.27. The van der Waals surface area contributed by atoms with Crippen LogP contribution in [0.3, 0.4) is 0 Å². The molecule has 158 valence electrons. The van der Waals surface area contributed by atoms with Crippen LogP contribution in [-0.2, 0) is 22.6 Å². The van der Waals surface area contributed by atoms with Crippen LogP contribution < -0.4 is 10.1 Å². The van der Waals surface area contributed by atoms with Gasteiger partial charge in [-0.2, -0.15) is 0 Å². The smallest absolute Gasteiger partial charge is 0.260 e. The molecule has 1 aliphatic heterocycles. The van der Waals surface area contributed by atoms with Crippen LogP contribution in [0.25, 0.3) is 0 Å². The van der Waals surface area contributed by atoms with Crippen molar-refractivity contribution in [3.8, 4) is 5.75 Å². The molecule has 0 aliphatic carbocycles. The number of ether oxygens (including phenoxy) is 1. The van der Waals surface area contributed by atoms with Gasteiger partial charge in [-0.15, -0.1) is 0 Å². The lowest BCUT2D eigenvalue weighted by Crippen LogP contribution is -2.38. The molecule has 1 N–H and O–H groups in total. The van der Waals surface area contributed by atoms with Crippen LogP contribution in [0.1, 0.15) is 48.2 Å². The molecule has 0 aromatic heterocycles. The lowest BCUT2D eigenvalue weighted by Gasteiger charge is -2.29. The van der Waals surface area contributed by atoms with Gasteiger partial charge >= 0.3 is 0 Å². The first-order valence-electron chi connectivity index (χ1n) is 10.3. The molecule has 2 amide bonds. The quantitative estimate of drug-likeness (QED) is 0.538. The Balaban J connectivity index is 1.39. The highest BCUT2D eigenvalue weighted by atomic mass is 16.5. The van der Waals surface area contributed by atoms with E-state index in [1.165, 1.54) is 18.1 Å². The van der Waals surface area contributed by atoms with Crippen molar-refractivity contribution in [3.63, 3.8) is 0 Å². The van der Waals surface area contributed by atoms with E-state index in [1.54, 1.807) is 31.2 Å². The number of carbonyl (C=O) groups excluding carboxylic acids is 3. The summed E-state index contributed by atoms with van der Waals surface area (Å²) < 4.78 is 5.63. The van der Waals surface area contributed by atoms with Crippen LogP contribution >= 0.6 is 0 Å². The summed E-state index contributed by atoms with van der Waals surface area (Å²) in [5, 5.41) is 2.81. The standard InChI is InChI=1S/C24H28N2O4/c1-17(27)20-9-5-10-22(15-20)30-18(2)24(29)25-13-6-11-23(28)26-14-12-19-7-3-4-8-21(19)16-26/h3-5,7-10,15,18H,6,11-14,16H2,1-2H3,(H,25,29). The molecule has 2 aromatic rings. The Morgan fingerprint density at radius 3 is 2.63 bits per heavy atom. The number of ketones is 1. The molecule has 0 saturated heterocycles. The number of hydrogen-bond acceptors (Lipinski definition) is 4. The minimum atomic E-state index is -0.693. The highest BCUT2D eigenvalue weighted by Crippen LogP contribution is 2.19. The Morgan fingerprint density at radius 2 is 1.87 bits per heavy atom. The van der Waals surface area contributed by atoms with Gasteiger partial charge in [-0.05, 0) is 49.9 Å². The molecule has 0 fully saturated rings. The van der Waals surface area contributed by atoms with E-state index in [-0.39, 0.29) is 17.6 Å². The van der Waals surface area contributed by atoms with Crippen molar-refractivity contribution >= 4 is 17.6 Å². The fraction of sp³-hybridized carbons (Fsp3) is 0.375. The van der Waals surface area contributed by atoms with E-state index >= 15 is 0 Å². The molecule has 1 atom stereocenters. The molecule has 3 rings (SSSR count). The topological polar surface area (TPSA) is 75.7 Å². The van der Waals surface area contributed by atoms with Crippen LogP contribution in [0.5, 0.6) is 5.75 Å². The van der Waals surface area contributed by atoms with Crippen LogP contribution in [-0.4, -0.2) is 41.7 Å². The molecule has 2 aromatic carbocycles. The van der Waals surface area contributed by atoms with Gasteiger partial charge in [-0.3, -0.25) is 14.4 Å². The van der Waals surface area contributed by atoms with E-state index < -0.39 is 6.10 Å². The summed E-state index contributed by atoms with van der Waals surface area (Å²) in [7, 11) is 0. The fourth-order valence-electron chi connectivity index (χ4n) is 3.51. The van der Waals surface area contributed by atoms with Crippen LogP contribution in [0.2, 0.25) is 0 Å². The van der Waals surface area contributed by atoms with Crippen molar-refractivity contribution in [2.24, 2.45) is 0 Å². The summed E-state index contributed by atoms with van der Waals surface area (Å²) in [4.78, 5) is 38.1. The van der Waals surface area contributed by atoms with E-state index in [0.29, 0.717) is 37.2 Å². The Labute approximate surface area is 177 Å². The molecule has 0 radical (unpaired) electrons. The number of nitrogens with zero attached hydrogens (tertiary/aromatic N) is 1. The van der Waals surface area contributed by atoms with Crippen molar-refractivity contribution in [2.45, 2.75) is 45.8 Å². The summed E-state index contributed by atoms with van der Waals surface area (Å²) >= 11 is 0. The lowest BCUT2D eigenvalue weighted by molar-refractivity contribution is -0.132. The molecular formula is C24H28N2O4. The third-order valence-electron chi connectivity index (χ3n) is 5.27. The summed E-state index contributed by atoms with van der Waals surface area (Å²) in [6.45, 7) is 4.96. The van der Waals surface area contributed by atoms with Crippen molar-refractivity contribution in [2.75, 3.05) is 13.1 Å². The van der Waals surface area contributed by atoms with Gasteiger partial charge in [0.2, 0.25) is 5.91 Å². The monoisotopic (exact) mass is 408 g/mol. The van der Waals surface area contributed by atoms with Crippen LogP contribution in [0.4, 0.5) is 0 Å². The van der Waals surface area contributed by atoms with Crippen molar-refractivity contribution in [3.05, 3.63) is 65.2 Å². The van der Waals surface area contributed by atoms with E-state index in [9.17, 15) is 14.4 Å². The Hall–Kier alpha value is -3.15. The second kappa shape index (κ2) is 10.1. The number of benzene rings is 2. The second-order valence-electron chi connectivity index (χ2n) is 7.57. The van der Waals surface area contributed by atoms with E-state index in [1.807, 2.05) is 17.0 Å². The Bertz CT molecular complexity index is 925.